The maximum atomic E-state index is 12.9. The van der Waals surface area contributed by atoms with Crippen LogP contribution in [0.1, 0.15) is 310 Å². The molecule has 0 heterocycles. The van der Waals surface area contributed by atoms with E-state index in [0.717, 1.165) is 109 Å². The summed E-state index contributed by atoms with van der Waals surface area (Å²) in [7, 11) is 0. The average molecular weight is 1060 g/mol. The Morgan fingerprint density at radius 3 is 0.803 bits per heavy atom. The zero-order valence-electron chi connectivity index (χ0n) is 50.0. The Morgan fingerprint density at radius 2 is 0.513 bits per heavy atom. The Kier molecular flexibility index (Phi) is 60.8. The highest BCUT2D eigenvalue weighted by Gasteiger charge is 2.19. The average Bonchev–Trinajstić information content (AvgIpc) is 3.42. The first-order valence-electron chi connectivity index (χ1n) is 32.2. The summed E-state index contributed by atoms with van der Waals surface area (Å²) < 4.78 is 16.9. The zero-order valence-corrected chi connectivity index (χ0v) is 50.0. The number of hydrogen-bond acceptors (Lipinski definition) is 6. The molecule has 0 rings (SSSR count). The smallest absolute Gasteiger partial charge is 0.306 e. The number of carbonyl (C=O) groups is 3. The minimum atomic E-state index is -0.793. The van der Waals surface area contributed by atoms with Crippen molar-refractivity contribution >= 4 is 17.9 Å². The molecule has 0 aliphatic heterocycles. The Balaban J connectivity index is 4.36. The predicted octanol–water partition coefficient (Wildman–Crippen LogP) is 22.0. The van der Waals surface area contributed by atoms with E-state index in [0.29, 0.717) is 19.3 Å². The number of rotatable bonds is 58. The fraction of sp³-hybridized carbons (Fsp3) is 0.729. The van der Waals surface area contributed by atoms with Crippen LogP contribution in [0.5, 0.6) is 0 Å². The molecule has 6 heteroatoms. The van der Waals surface area contributed by atoms with Crippen LogP contribution in [0.25, 0.3) is 0 Å². The van der Waals surface area contributed by atoms with Gasteiger partial charge >= 0.3 is 17.9 Å². The van der Waals surface area contributed by atoms with Crippen molar-refractivity contribution in [3.8, 4) is 0 Å². The molecule has 0 aromatic rings. The Morgan fingerprint density at radius 1 is 0.276 bits per heavy atom. The van der Waals surface area contributed by atoms with Gasteiger partial charge in [0.15, 0.2) is 6.10 Å². The minimum absolute atomic E-state index is 0.0875. The topological polar surface area (TPSA) is 78.9 Å². The van der Waals surface area contributed by atoms with Crippen molar-refractivity contribution in [1.82, 2.24) is 0 Å². The molecule has 0 aliphatic rings. The van der Waals surface area contributed by atoms with Crippen molar-refractivity contribution in [1.29, 1.82) is 0 Å². The molecule has 0 radical (unpaired) electrons. The minimum Gasteiger partial charge on any atom is -0.462 e. The molecule has 0 spiro atoms. The summed E-state index contributed by atoms with van der Waals surface area (Å²) in [5.74, 6) is -0.922. The second kappa shape index (κ2) is 63.9. The highest BCUT2D eigenvalue weighted by molar-refractivity contribution is 5.71. The summed E-state index contributed by atoms with van der Waals surface area (Å²) in [6.07, 6.45) is 85.6. The quantitative estimate of drug-likeness (QED) is 0.0261. The van der Waals surface area contributed by atoms with Gasteiger partial charge in [-0.05, 0) is 83.5 Å². The van der Waals surface area contributed by atoms with Gasteiger partial charge in [-0.25, -0.2) is 0 Å². The number of unbranched alkanes of at least 4 members (excludes halogenated alkanes) is 31. The van der Waals surface area contributed by atoms with Crippen LogP contribution in [0.4, 0.5) is 0 Å². The molecule has 0 saturated heterocycles. The van der Waals surface area contributed by atoms with E-state index >= 15 is 0 Å². The summed E-state index contributed by atoms with van der Waals surface area (Å²) in [6.45, 7) is 6.52. The summed E-state index contributed by atoms with van der Waals surface area (Å²) in [5.41, 5.74) is 0. The number of ether oxygens (including phenoxy) is 3. The highest BCUT2D eigenvalue weighted by Crippen LogP contribution is 2.17. The largest absolute Gasteiger partial charge is 0.462 e. The molecule has 0 amide bonds. The van der Waals surface area contributed by atoms with Gasteiger partial charge in [0.1, 0.15) is 13.2 Å². The first kappa shape index (κ1) is 72.3. The van der Waals surface area contributed by atoms with Crippen LogP contribution in [0.3, 0.4) is 0 Å². The SMILES string of the molecule is CC/C=C\C/C=C\C/C=C\C/C=C\C/C=C\C/C=C\C/C=C\C/C=C\CCCCC(=O)OCC(COC(=O)CCCCCCCCCCCCC)OC(=O)CCCCCCCCCCCCCCCCCCCCCC. The zero-order chi connectivity index (χ0) is 55.0. The summed E-state index contributed by atoms with van der Waals surface area (Å²) in [5, 5.41) is 0. The molecule has 6 nitrogen and oxygen atoms in total. The van der Waals surface area contributed by atoms with Crippen LogP contribution in [-0.2, 0) is 28.6 Å². The molecule has 0 aliphatic carbocycles. The highest BCUT2D eigenvalue weighted by atomic mass is 16.6. The molecule has 0 saturated carbocycles. The lowest BCUT2D eigenvalue weighted by Crippen LogP contribution is -2.30. The fourth-order valence-electron chi connectivity index (χ4n) is 9.05. The second-order valence-corrected chi connectivity index (χ2v) is 21.3. The molecule has 1 unspecified atom stereocenters. The number of allylic oxidation sites excluding steroid dienone is 16. The molecular formula is C70H120O6. The third kappa shape index (κ3) is 61.2. The van der Waals surface area contributed by atoms with Gasteiger partial charge in [-0.15, -0.1) is 0 Å². The molecule has 0 N–H and O–H groups in total. The van der Waals surface area contributed by atoms with Crippen molar-refractivity contribution in [2.45, 2.75) is 316 Å². The standard InChI is InChI=1S/C70H120O6/c1-4-7-10-13-16-19-22-24-26-28-30-32-33-34-35-36-37-38-40-41-43-45-48-51-54-57-60-63-69(72)75-66-67(65-74-68(71)62-59-56-53-50-47-21-18-15-12-9-6-3)76-70(73)64-61-58-55-52-49-46-44-42-39-31-29-27-25-23-20-17-14-11-8-5-2/h7,10,16,19,24,26,30,32,34-35,37-38,41,43,48,51,67H,4-6,8-9,11-15,17-18,20-23,25,27-29,31,33,36,39-40,42,44-47,49-50,52-66H2,1-3H3/b10-7-,19-16-,26-24-,32-30-,35-34-,38-37-,43-41-,51-48-. The molecule has 1 atom stereocenters. The lowest BCUT2D eigenvalue weighted by Gasteiger charge is -2.18. The van der Waals surface area contributed by atoms with Gasteiger partial charge in [-0.3, -0.25) is 14.4 Å². The van der Waals surface area contributed by atoms with E-state index in [1.54, 1.807) is 0 Å². The first-order chi connectivity index (χ1) is 37.5. The van der Waals surface area contributed by atoms with E-state index in [-0.39, 0.29) is 31.1 Å². The van der Waals surface area contributed by atoms with Crippen LogP contribution in [0, 0.1) is 0 Å². The number of carbonyl (C=O) groups excluding carboxylic acids is 3. The Bertz CT molecular complexity index is 1490. The van der Waals surface area contributed by atoms with Crippen molar-refractivity contribution in [3.05, 3.63) is 97.2 Å². The Labute approximate surface area is 470 Å². The van der Waals surface area contributed by atoms with Crippen molar-refractivity contribution in [3.63, 3.8) is 0 Å². The molecule has 0 bridgehead atoms. The summed E-state index contributed by atoms with van der Waals surface area (Å²) in [4.78, 5) is 38.2. The molecule has 436 valence electrons. The van der Waals surface area contributed by atoms with Crippen LogP contribution in [0.2, 0.25) is 0 Å². The van der Waals surface area contributed by atoms with Gasteiger partial charge < -0.3 is 14.2 Å². The van der Waals surface area contributed by atoms with Crippen LogP contribution in [-0.4, -0.2) is 37.2 Å². The maximum Gasteiger partial charge on any atom is 0.306 e. The summed E-state index contributed by atoms with van der Waals surface area (Å²) in [6, 6.07) is 0. The van der Waals surface area contributed by atoms with Crippen LogP contribution < -0.4 is 0 Å². The lowest BCUT2D eigenvalue weighted by atomic mass is 10.0. The van der Waals surface area contributed by atoms with Gasteiger partial charge in [0.2, 0.25) is 0 Å². The summed E-state index contributed by atoms with van der Waals surface area (Å²) >= 11 is 0. The molecule has 0 aromatic carbocycles. The molecule has 76 heavy (non-hydrogen) atoms. The van der Waals surface area contributed by atoms with E-state index in [9.17, 15) is 14.4 Å². The predicted molar refractivity (Wildman–Crippen MR) is 330 cm³/mol. The van der Waals surface area contributed by atoms with E-state index in [1.807, 2.05) is 0 Å². The van der Waals surface area contributed by atoms with Gasteiger partial charge in [-0.1, -0.05) is 304 Å². The molecule has 0 fully saturated rings. The second-order valence-electron chi connectivity index (χ2n) is 21.3. The van der Waals surface area contributed by atoms with Crippen molar-refractivity contribution in [2.75, 3.05) is 13.2 Å². The fourth-order valence-corrected chi connectivity index (χ4v) is 9.05. The van der Waals surface area contributed by atoms with Gasteiger partial charge in [-0.2, -0.15) is 0 Å². The van der Waals surface area contributed by atoms with Gasteiger partial charge in [0, 0.05) is 19.3 Å². The number of esters is 3. The van der Waals surface area contributed by atoms with Crippen LogP contribution >= 0.6 is 0 Å². The molecular weight excluding hydrogens is 937 g/mol. The van der Waals surface area contributed by atoms with Gasteiger partial charge in [0.25, 0.3) is 0 Å². The molecule has 0 aromatic heterocycles. The normalized spacial score (nSPS) is 12.7. The van der Waals surface area contributed by atoms with Crippen molar-refractivity contribution in [2.24, 2.45) is 0 Å². The van der Waals surface area contributed by atoms with Gasteiger partial charge in [0.05, 0.1) is 0 Å². The first-order valence-corrected chi connectivity index (χ1v) is 32.2. The monoisotopic (exact) mass is 1060 g/mol. The Hall–Kier alpha value is -3.67. The third-order valence-electron chi connectivity index (χ3n) is 13.9. The van der Waals surface area contributed by atoms with E-state index in [4.69, 9.17) is 14.2 Å². The number of hydrogen-bond donors (Lipinski definition) is 0. The van der Waals surface area contributed by atoms with E-state index in [2.05, 4.69) is 118 Å². The van der Waals surface area contributed by atoms with Crippen LogP contribution in [0.15, 0.2) is 97.2 Å². The lowest BCUT2D eigenvalue weighted by molar-refractivity contribution is -0.167. The maximum absolute atomic E-state index is 12.9. The van der Waals surface area contributed by atoms with E-state index < -0.39 is 6.10 Å². The third-order valence-corrected chi connectivity index (χ3v) is 13.9. The van der Waals surface area contributed by atoms with E-state index in [1.165, 1.54) is 161 Å². The van der Waals surface area contributed by atoms with Crippen molar-refractivity contribution < 1.29 is 28.6 Å².